The van der Waals surface area contributed by atoms with E-state index in [0.717, 1.165) is 39.8 Å². The van der Waals surface area contributed by atoms with Crippen molar-refractivity contribution in [3.8, 4) is 33.8 Å². The molecular weight excluding hydrogens is 436 g/mol. The molecule has 4 nitrogen and oxygen atoms in total. The van der Waals surface area contributed by atoms with Gasteiger partial charge in [-0.25, -0.2) is 0 Å². The average Bonchev–Trinajstić information content (AvgIpc) is 2.89. The van der Waals surface area contributed by atoms with E-state index in [1.54, 1.807) is 24.3 Å². The second kappa shape index (κ2) is 11.7. The average molecular weight is 469 g/mol. The van der Waals surface area contributed by atoms with Crippen LogP contribution in [0.1, 0.15) is 43.6 Å². The normalized spacial score (nSPS) is 12.9. The molecule has 4 rings (SSSR count). The van der Waals surface area contributed by atoms with Gasteiger partial charge in [-0.05, 0) is 77.9 Å². The maximum atomic E-state index is 9.45. The van der Waals surface area contributed by atoms with Gasteiger partial charge in [0.2, 0.25) is 0 Å². The molecule has 0 saturated carbocycles. The molecule has 35 heavy (non-hydrogen) atoms. The van der Waals surface area contributed by atoms with Gasteiger partial charge in [-0.2, -0.15) is 0 Å². The van der Waals surface area contributed by atoms with E-state index in [1.807, 2.05) is 24.3 Å². The number of aromatic hydroxyl groups is 2. The number of rotatable bonds is 10. The Kier molecular flexibility index (Phi) is 8.19. The number of benzene rings is 4. The summed E-state index contributed by atoms with van der Waals surface area (Å²) in [6, 6.07) is 31.1. The first-order chi connectivity index (χ1) is 17.0. The summed E-state index contributed by atoms with van der Waals surface area (Å²) in [5, 5.41) is 18.9. The molecule has 0 spiro atoms. The Morgan fingerprint density at radius 1 is 0.486 bits per heavy atom. The highest BCUT2D eigenvalue weighted by Crippen LogP contribution is 2.26. The van der Waals surface area contributed by atoms with Gasteiger partial charge in [0.15, 0.2) is 0 Å². The van der Waals surface area contributed by atoms with E-state index in [-0.39, 0.29) is 23.7 Å². The third-order valence-corrected chi connectivity index (χ3v) is 6.19. The molecule has 0 bridgehead atoms. The quantitative estimate of drug-likeness (QED) is 0.234. The van der Waals surface area contributed by atoms with Crippen LogP contribution < -0.4 is 0 Å². The fourth-order valence-corrected chi connectivity index (χ4v) is 3.97. The lowest BCUT2D eigenvalue weighted by atomic mass is 10.0. The molecule has 2 unspecified atom stereocenters. The number of phenols is 2. The molecule has 0 aromatic heterocycles. The monoisotopic (exact) mass is 468 g/mol. The standard InChI is InChI=1S/C31H32O4/c1-22(24-4-8-26(9-5-24)28-12-16-30(32)17-13-28)34-20-3-21-35-23(2)25-6-10-27(11-7-25)29-14-18-31(33)19-15-29/h4-19,22-23,32-33H,3,20-21H2,1-2H3. The Balaban J connectivity index is 1.19. The van der Waals surface area contributed by atoms with Crippen LogP contribution in [0.25, 0.3) is 22.3 Å². The molecule has 0 fully saturated rings. The number of ether oxygens (including phenoxy) is 2. The molecule has 0 aliphatic heterocycles. The van der Waals surface area contributed by atoms with E-state index in [4.69, 9.17) is 9.47 Å². The molecule has 2 N–H and O–H groups in total. The summed E-state index contributed by atoms with van der Waals surface area (Å²) in [6.07, 6.45) is 0.841. The molecule has 4 aromatic rings. The van der Waals surface area contributed by atoms with Gasteiger partial charge < -0.3 is 19.7 Å². The fraction of sp³-hybridized carbons (Fsp3) is 0.226. The van der Waals surface area contributed by atoms with Crippen LogP contribution in [-0.2, 0) is 9.47 Å². The van der Waals surface area contributed by atoms with Crippen LogP contribution in [0.3, 0.4) is 0 Å². The minimum absolute atomic E-state index is 0.00809. The SMILES string of the molecule is CC(OCCCOC(C)c1ccc(-c2ccc(O)cc2)cc1)c1ccc(-c2ccc(O)cc2)cc1. The Labute approximate surface area is 207 Å². The van der Waals surface area contributed by atoms with E-state index in [2.05, 4.69) is 62.4 Å². The van der Waals surface area contributed by atoms with E-state index in [9.17, 15) is 10.2 Å². The fourth-order valence-electron chi connectivity index (χ4n) is 3.97. The molecule has 0 saturated heterocycles. The number of phenolic OH excluding ortho intramolecular Hbond substituents is 2. The van der Waals surface area contributed by atoms with Crippen molar-refractivity contribution in [1.82, 2.24) is 0 Å². The molecular formula is C31H32O4. The van der Waals surface area contributed by atoms with Crippen LogP contribution in [-0.4, -0.2) is 23.4 Å². The van der Waals surface area contributed by atoms with Crippen molar-refractivity contribution in [2.24, 2.45) is 0 Å². The zero-order valence-corrected chi connectivity index (χ0v) is 20.2. The Hall–Kier alpha value is -3.60. The van der Waals surface area contributed by atoms with Crippen molar-refractivity contribution in [2.45, 2.75) is 32.5 Å². The maximum absolute atomic E-state index is 9.45. The van der Waals surface area contributed by atoms with E-state index in [1.165, 1.54) is 0 Å². The first-order valence-electron chi connectivity index (χ1n) is 12.0. The zero-order valence-electron chi connectivity index (χ0n) is 20.2. The Morgan fingerprint density at radius 2 is 0.771 bits per heavy atom. The molecule has 0 aliphatic rings. The third kappa shape index (κ3) is 6.72. The predicted octanol–water partition coefficient (Wildman–Crippen LogP) is 7.68. The molecule has 0 amide bonds. The molecule has 2 atom stereocenters. The molecule has 0 radical (unpaired) electrons. The van der Waals surface area contributed by atoms with E-state index < -0.39 is 0 Å². The van der Waals surface area contributed by atoms with Crippen LogP contribution in [0, 0.1) is 0 Å². The molecule has 180 valence electrons. The van der Waals surface area contributed by atoms with Crippen LogP contribution in [0.5, 0.6) is 11.5 Å². The molecule has 4 aromatic carbocycles. The lowest BCUT2D eigenvalue weighted by molar-refractivity contribution is 0.0213. The minimum atomic E-state index is 0.00809. The first kappa shape index (κ1) is 24.5. The van der Waals surface area contributed by atoms with Gasteiger partial charge in [0, 0.05) is 13.2 Å². The largest absolute Gasteiger partial charge is 0.508 e. The number of hydrogen-bond acceptors (Lipinski definition) is 4. The Morgan fingerprint density at radius 3 is 1.09 bits per heavy atom. The predicted molar refractivity (Wildman–Crippen MR) is 140 cm³/mol. The van der Waals surface area contributed by atoms with Gasteiger partial charge >= 0.3 is 0 Å². The summed E-state index contributed by atoms with van der Waals surface area (Å²) in [4.78, 5) is 0. The van der Waals surface area contributed by atoms with E-state index in [0.29, 0.717) is 13.2 Å². The van der Waals surface area contributed by atoms with Gasteiger partial charge in [0.25, 0.3) is 0 Å². The van der Waals surface area contributed by atoms with Crippen molar-refractivity contribution in [3.05, 3.63) is 108 Å². The molecule has 0 heterocycles. The topological polar surface area (TPSA) is 58.9 Å². The van der Waals surface area contributed by atoms with Crippen molar-refractivity contribution in [1.29, 1.82) is 0 Å². The third-order valence-electron chi connectivity index (χ3n) is 6.19. The lowest BCUT2D eigenvalue weighted by Gasteiger charge is -2.16. The minimum Gasteiger partial charge on any atom is -0.508 e. The summed E-state index contributed by atoms with van der Waals surface area (Å²) in [5.41, 5.74) is 6.64. The van der Waals surface area contributed by atoms with Gasteiger partial charge in [-0.3, -0.25) is 0 Å². The van der Waals surface area contributed by atoms with Crippen LogP contribution in [0.4, 0.5) is 0 Å². The van der Waals surface area contributed by atoms with Gasteiger partial charge in [0.05, 0.1) is 12.2 Å². The summed E-state index contributed by atoms with van der Waals surface area (Å²) in [6.45, 7) is 5.39. The van der Waals surface area contributed by atoms with E-state index >= 15 is 0 Å². The summed E-state index contributed by atoms with van der Waals surface area (Å²) in [5.74, 6) is 0.545. The summed E-state index contributed by atoms with van der Waals surface area (Å²) in [7, 11) is 0. The van der Waals surface area contributed by atoms with Crippen LogP contribution in [0.15, 0.2) is 97.1 Å². The zero-order chi connectivity index (χ0) is 24.6. The highest BCUT2D eigenvalue weighted by molar-refractivity contribution is 5.65. The van der Waals surface area contributed by atoms with Gasteiger partial charge in [-0.15, -0.1) is 0 Å². The molecule has 4 heteroatoms. The summed E-state index contributed by atoms with van der Waals surface area (Å²) < 4.78 is 12.0. The highest BCUT2D eigenvalue weighted by Gasteiger charge is 2.09. The summed E-state index contributed by atoms with van der Waals surface area (Å²) >= 11 is 0. The lowest BCUT2D eigenvalue weighted by Crippen LogP contribution is -2.07. The van der Waals surface area contributed by atoms with Crippen LogP contribution in [0.2, 0.25) is 0 Å². The van der Waals surface area contributed by atoms with Crippen molar-refractivity contribution in [2.75, 3.05) is 13.2 Å². The first-order valence-corrected chi connectivity index (χ1v) is 12.0. The van der Waals surface area contributed by atoms with Crippen molar-refractivity contribution >= 4 is 0 Å². The van der Waals surface area contributed by atoms with Gasteiger partial charge in [0.1, 0.15) is 11.5 Å². The molecule has 0 aliphatic carbocycles. The van der Waals surface area contributed by atoms with Crippen molar-refractivity contribution < 1.29 is 19.7 Å². The smallest absolute Gasteiger partial charge is 0.115 e. The van der Waals surface area contributed by atoms with Gasteiger partial charge in [-0.1, -0.05) is 72.8 Å². The maximum Gasteiger partial charge on any atom is 0.115 e. The second-order valence-corrected chi connectivity index (χ2v) is 8.72. The highest BCUT2D eigenvalue weighted by atomic mass is 16.5. The van der Waals surface area contributed by atoms with Crippen molar-refractivity contribution in [3.63, 3.8) is 0 Å². The second-order valence-electron chi connectivity index (χ2n) is 8.72. The Bertz CT molecular complexity index is 1080. The number of hydrogen-bond donors (Lipinski definition) is 2. The van der Waals surface area contributed by atoms with Crippen LogP contribution >= 0.6 is 0 Å².